The Hall–Kier alpha value is -1.62. The number of carbonyl (C=O) groups excluding carboxylic acids is 1. The molecule has 3 rings (SSSR count). The predicted molar refractivity (Wildman–Crippen MR) is 81.5 cm³/mol. The van der Waals surface area contributed by atoms with Crippen LogP contribution in [-0.4, -0.2) is 47.6 Å². The number of aromatic nitrogens is 1. The fourth-order valence-corrected chi connectivity index (χ4v) is 3.02. The van der Waals surface area contributed by atoms with Crippen molar-refractivity contribution >= 4 is 11.7 Å². The molecule has 0 saturated carbocycles. The predicted octanol–water partition coefficient (Wildman–Crippen LogP) is 2.30. The highest BCUT2D eigenvalue weighted by Crippen LogP contribution is 2.25. The molecule has 0 aromatic carbocycles. The zero-order chi connectivity index (χ0) is 14.7. The number of likely N-dealkylation sites (tertiary alicyclic amines) is 1. The zero-order valence-corrected chi connectivity index (χ0v) is 12.6. The summed E-state index contributed by atoms with van der Waals surface area (Å²) in [5.41, 5.74) is 0.600. The van der Waals surface area contributed by atoms with E-state index in [1.54, 1.807) is 12.3 Å². The summed E-state index contributed by atoms with van der Waals surface area (Å²) in [6.07, 6.45) is 6.09. The maximum absolute atomic E-state index is 12.4. The molecule has 1 aromatic rings. The van der Waals surface area contributed by atoms with Crippen LogP contribution in [0.15, 0.2) is 18.3 Å². The first-order valence-electron chi connectivity index (χ1n) is 7.79. The summed E-state index contributed by atoms with van der Waals surface area (Å²) >= 11 is 0. The third-order valence-corrected chi connectivity index (χ3v) is 4.34. The molecule has 1 N–H and O–H groups in total. The second-order valence-electron chi connectivity index (χ2n) is 6.18. The van der Waals surface area contributed by atoms with Crippen LogP contribution in [0, 0.1) is 0 Å². The van der Waals surface area contributed by atoms with E-state index in [-0.39, 0.29) is 11.5 Å². The monoisotopic (exact) mass is 289 g/mol. The van der Waals surface area contributed by atoms with Crippen molar-refractivity contribution in [2.24, 2.45) is 0 Å². The van der Waals surface area contributed by atoms with Crippen LogP contribution in [0.25, 0.3) is 0 Å². The van der Waals surface area contributed by atoms with Gasteiger partial charge in [0.25, 0.3) is 5.91 Å². The first kappa shape index (κ1) is 14.3. The summed E-state index contributed by atoms with van der Waals surface area (Å²) in [5, 5.41) is 3.31. The van der Waals surface area contributed by atoms with Gasteiger partial charge in [-0.3, -0.25) is 4.79 Å². The highest BCUT2D eigenvalue weighted by molar-refractivity contribution is 5.95. The number of pyridine rings is 1. The standard InChI is InChI=1S/C16H23N3O2/c1-16(6-4-10-21-16)12-18-14-11-13(5-7-17-14)15(20)19-8-2-3-9-19/h5,7,11H,2-4,6,8-10,12H2,1H3,(H,17,18). The van der Waals surface area contributed by atoms with Crippen LogP contribution in [0.5, 0.6) is 0 Å². The maximum atomic E-state index is 12.4. The summed E-state index contributed by atoms with van der Waals surface area (Å²) in [5.74, 6) is 0.859. The van der Waals surface area contributed by atoms with Crippen molar-refractivity contribution in [2.45, 2.75) is 38.2 Å². The third kappa shape index (κ3) is 3.35. The molecule has 1 aromatic heterocycles. The minimum absolute atomic E-state index is 0.112. The van der Waals surface area contributed by atoms with Gasteiger partial charge in [0.1, 0.15) is 5.82 Å². The molecule has 2 aliphatic rings. The Balaban J connectivity index is 1.64. The highest BCUT2D eigenvalue weighted by Gasteiger charge is 2.29. The maximum Gasteiger partial charge on any atom is 0.254 e. The number of amides is 1. The van der Waals surface area contributed by atoms with Gasteiger partial charge in [0.05, 0.1) is 5.60 Å². The number of hydrogen-bond donors (Lipinski definition) is 1. The van der Waals surface area contributed by atoms with E-state index < -0.39 is 0 Å². The SMILES string of the molecule is CC1(CNc2cc(C(=O)N3CCCC3)ccn2)CCCO1. The number of nitrogens with one attached hydrogen (secondary N) is 1. The minimum atomic E-state index is -0.114. The van der Waals surface area contributed by atoms with Gasteiger partial charge in [-0.25, -0.2) is 4.98 Å². The second kappa shape index (κ2) is 6.02. The third-order valence-electron chi connectivity index (χ3n) is 4.34. The van der Waals surface area contributed by atoms with Gasteiger partial charge in [-0.2, -0.15) is 0 Å². The van der Waals surface area contributed by atoms with Crippen LogP contribution in [0.1, 0.15) is 43.0 Å². The number of hydrogen-bond acceptors (Lipinski definition) is 4. The number of anilines is 1. The molecule has 1 atom stereocenters. The molecule has 2 fully saturated rings. The molecule has 1 amide bonds. The van der Waals surface area contributed by atoms with Gasteiger partial charge in [0.15, 0.2) is 0 Å². The van der Waals surface area contributed by atoms with Crippen molar-refractivity contribution in [1.29, 1.82) is 0 Å². The lowest BCUT2D eigenvalue weighted by atomic mass is 10.0. The molecular formula is C16H23N3O2. The Morgan fingerprint density at radius 3 is 2.95 bits per heavy atom. The second-order valence-corrected chi connectivity index (χ2v) is 6.18. The van der Waals surface area contributed by atoms with Crippen LogP contribution in [-0.2, 0) is 4.74 Å². The highest BCUT2D eigenvalue weighted by atomic mass is 16.5. The number of ether oxygens (including phenoxy) is 1. The number of carbonyl (C=O) groups is 1. The molecule has 0 radical (unpaired) electrons. The van der Waals surface area contributed by atoms with Gasteiger partial charge in [0.2, 0.25) is 0 Å². The van der Waals surface area contributed by atoms with E-state index in [9.17, 15) is 4.79 Å². The van der Waals surface area contributed by atoms with Crippen LogP contribution in [0.2, 0.25) is 0 Å². The van der Waals surface area contributed by atoms with E-state index in [4.69, 9.17) is 4.74 Å². The molecular weight excluding hydrogens is 266 g/mol. The van der Waals surface area contributed by atoms with E-state index in [1.165, 1.54) is 0 Å². The van der Waals surface area contributed by atoms with E-state index in [1.807, 2.05) is 11.0 Å². The van der Waals surface area contributed by atoms with Gasteiger partial charge >= 0.3 is 0 Å². The topological polar surface area (TPSA) is 54.5 Å². The largest absolute Gasteiger partial charge is 0.373 e. The first-order valence-corrected chi connectivity index (χ1v) is 7.79. The number of nitrogens with zero attached hydrogens (tertiary/aromatic N) is 2. The van der Waals surface area contributed by atoms with Gasteiger partial charge in [-0.15, -0.1) is 0 Å². The smallest absolute Gasteiger partial charge is 0.254 e. The molecule has 3 heterocycles. The summed E-state index contributed by atoms with van der Waals surface area (Å²) in [6.45, 7) is 5.42. The van der Waals surface area contributed by atoms with Crippen molar-refractivity contribution in [3.8, 4) is 0 Å². The molecule has 0 spiro atoms. The molecule has 2 aliphatic heterocycles. The zero-order valence-electron chi connectivity index (χ0n) is 12.6. The van der Waals surface area contributed by atoms with Crippen molar-refractivity contribution in [2.75, 3.05) is 31.6 Å². The molecule has 0 bridgehead atoms. The van der Waals surface area contributed by atoms with Gasteiger partial charge in [-0.05, 0) is 44.7 Å². The fraction of sp³-hybridized carbons (Fsp3) is 0.625. The van der Waals surface area contributed by atoms with Crippen LogP contribution < -0.4 is 5.32 Å². The average molecular weight is 289 g/mol. The Morgan fingerprint density at radius 2 is 2.24 bits per heavy atom. The molecule has 21 heavy (non-hydrogen) atoms. The fourth-order valence-electron chi connectivity index (χ4n) is 3.02. The summed E-state index contributed by atoms with van der Waals surface area (Å²) in [6, 6.07) is 3.64. The van der Waals surface area contributed by atoms with Gasteiger partial charge in [-0.1, -0.05) is 0 Å². The molecule has 5 heteroatoms. The average Bonchev–Trinajstić information content (AvgIpc) is 3.17. The van der Waals surface area contributed by atoms with Crippen molar-refractivity contribution in [3.63, 3.8) is 0 Å². The summed E-state index contributed by atoms with van der Waals surface area (Å²) < 4.78 is 5.76. The van der Waals surface area contributed by atoms with Crippen LogP contribution >= 0.6 is 0 Å². The molecule has 2 saturated heterocycles. The van der Waals surface area contributed by atoms with E-state index in [2.05, 4.69) is 17.2 Å². The van der Waals surface area contributed by atoms with Gasteiger partial charge < -0.3 is 15.0 Å². The van der Waals surface area contributed by atoms with E-state index in [0.717, 1.165) is 57.7 Å². The Bertz CT molecular complexity index is 506. The number of rotatable bonds is 4. The Kier molecular flexibility index (Phi) is 4.10. The minimum Gasteiger partial charge on any atom is -0.373 e. The molecule has 114 valence electrons. The van der Waals surface area contributed by atoms with Crippen molar-refractivity contribution < 1.29 is 9.53 Å². The van der Waals surface area contributed by atoms with E-state index >= 15 is 0 Å². The van der Waals surface area contributed by atoms with Gasteiger partial charge in [0, 0.05) is 38.0 Å². The first-order chi connectivity index (χ1) is 10.2. The lowest BCUT2D eigenvalue weighted by Gasteiger charge is -2.23. The molecule has 1 unspecified atom stereocenters. The lowest BCUT2D eigenvalue weighted by Crippen LogP contribution is -2.33. The summed E-state index contributed by atoms with van der Waals surface area (Å²) in [7, 11) is 0. The molecule has 0 aliphatic carbocycles. The molecule has 5 nitrogen and oxygen atoms in total. The Labute approximate surface area is 125 Å². The van der Waals surface area contributed by atoms with Crippen LogP contribution in [0.3, 0.4) is 0 Å². The van der Waals surface area contributed by atoms with Crippen LogP contribution in [0.4, 0.5) is 5.82 Å². The van der Waals surface area contributed by atoms with Crippen molar-refractivity contribution in [1.82, 2.24) is 9.88 Å². The lowest BCUT2D eigenvalue weighted by molar-refractivity contribution is 0.0315. The quantitative estimate of drug-likeness (QED) is 0.924. The van der Waals surface area contributed by atoms with Crippen molar-refractivity contribution in [3.05, 3.63) is 23.9 Å². The van der Waals surface area contributed by atoms with E-state index in [0.29, 0.717) is 5.56 Å². The normalized spacial score (nSPS) is 25.3. The summed E-state index contributed by atoms with van der Waals surface area (Å²) in [4.78, 5) is 18.6. The Morgan fingerprint density at radius 1 is 1.43 bits per heavy atom.